The Hall–Kier alpha value is -0.666. The van der Waals surface area contributed by atoms with Gasteiger partial charge in [-0.1, -0.05) is 40.2 Å². The van der Waals surface area contributed by atoms with Crippen LogP contribution >= 0.6 is 30.2 Å². The topological polar surface area (TPSA) is 3.24 Å². The second kappa shape index (κ2) is 14.3. The van der Waals surface area contributed by atoms with Gasteiger partial charge in [-0.05, 0) is 56.7 Å². The van der Waals surface area contributed by atoms with Crippen molar-refractivity contribution in [1.82, 2.24) is 4.90 Å². The molecule has 0 N–H and O–H groups in total. The van der Waals surface area contributed by atoms with Gasteiger partial charge in [0.2, 0.25) is 0 Å². The van der Waals surface area contributed by atoms with Crippen molar-refractivity contribution in [1.29, 1.82) is 0 Å². The quantitative estimate of drug-likeness (QED) is 0.306. The molecule has 2 aromatic rings. The molecule has 149 valence electrons. The standard InChI is InChI=1S/C9H7Br.C9H7.C5H12N.BrH.Ni/c10-9-5-4-7-2-1-3-8(7)6-9;1-2-5-9-7-3-6-8(9)4-1;1-4-5-6(2)3;;/h1,3-6H,2H2;1,3-5,7H,6H2;1,4-5H2,2-3H3;1H;/q;2*-1;;+1/p-1. The van der Waals surface area contributed by atoms with E-state index in [1.54, 1.807) is 0 Å². The van der Waals surface area contributed by atoms with Gasteiger partial charge in [0.1, 0.15) is 0 Å². The summed E-state index contributed by atoms with van der Waals surface area (Å²) >= 11 is 9.68. The molecule has 0 amide bonds. The zero-order valence-electron chi connectivity index (χ0n) is 15.8. The molecular weight excluding hydrogens is 509 g/mol. The number of benzene rings is 2. The van der Waals surface area contributed by atoms with Gasteiger partial charge in [0.25, 0.3) is 0 Å². The Balaban J connectivity index is 0.000000200. The van der Waals surface area contributed by atoms with Gasteiger partial charge in [0, 0.05) is 4.47 Å². The van der Waals surface area contributed by atoms with Crippen molar-refractivity contribution in [2.75, 3.05) is 20.6 Å². The molecule has 2 aromatic carbocycles. The van der Waals surface area contributed by atoms with E-state index in [9.17, 15) is 0 Å². The van der Waals surface area contributed by atoms with Gasteiger partial charge in [-0.2, -0.15) is 30.7 Å². The van der Waals surface area contributed by atoms with Crippen LogP contribution in [0.1, 0.15) is 28.7 Å². The molecule has 4 heteroatoms. The predicted octanol–water partition coefficient (Wildman–Crippen LogP) is 6.69. The molecule has 0 saturated heterocycles. The van der Waals surface area contributed by atoms with E-state index in [0.29, 0.717) is 0 Å². The molecule has 0 fully saturated rings. The molecule has 1 nitrogen and oxygen atoms in total. The van der Waals surface area contributed by atoms with Crippen LogP contribution in [-0.4, -0.2) is 25.5 Å². The monoisotopic (exact) mass is 532 g/mol. The summed E-state index contributed by atoms with van der Waals surface area (Å²) in [7, 11) is 4.09. The third-order valence-corrected chi connectivity index (χ3v) is 4.47. The minimum absolute atomic E-state index is 1.01. The van der Waals surface area contributed by atoms with E-state index in [4.69, 9.17) is 0 Å². The van der Waals surface area contributed by atoms with E-state index < -0.39 is 0 Å². The Bertz CT molecular complexity index is 739. The van der Waals surface area contributed by atoms with Gasteiger partial charge in [-0.15, -0.1) is 17.2 Å². The summed E-state index contributed by atoms with van der Waals surface area (Å²) in [6.45, 7) is 4.78. The zero-order valence-corrected chi connectivity index (χ0v) is 20.0. The fourth-order valence-electron chi connectivity index (χ4n) is 2.67. The second-order valence-electron chi connectivity index (χ2n) is 6.34. The maximum absolute atomic E-state index is 3.69. The molecule has 0 bridgehead atoms. The van der Waals surface area contributed by atoms with Crippen molar-refractivity contribution in [2.24, 2.45) is 0 Å². The summed E-state index contributed by atoms with van der Waals surface area (Å²) in [5, 5.41) is 0. The summed E-state index contributed by atoms with van der Waals surface area (Å²) in [6.07, 6.45) is 11.9. The van der Waals surface area contributed by atoms with Crippen LogP contribution in [0, 0.1) is 13.0 Å². The van der Waals surface area contributed by atoms with E-state index >= 15 is 0 Å². The maximum atomic E-state index is 3.69. The molecule has 0 spiro atoms. The van der Waals surface area contributed by atoms with E-state index in [-0.39, 0.29) is 0 Å². The van der Waals surface area contributed by atoms with Crippen LogP contribution in [0.15, 0.2) is 53.0 Å². The molecule has 0 aliphatic heterocycles. The minimum Gasteiger partial charge on any atom is -0.183 e. The van der Waals surface area contributed by atoms with Crippen LogP contribution in [0.5, 0.6) is 0 Å². The Kier molecular flexibility index (Phi) is 13.0. The third-order valence-electron chi connectivity index (χ3n) is 3.97. The number of nitrogens with zero attached hydrogens (tertiary/aromatic N) is 1. The van der Waals surface area contributed by atoms with Gasteiger partial charge >= 0.3 is 27.9 Å². The molecule has 0 aromatic heterocycles. The fourth-order valence-corrected chi connectivity index (χ4v) is 3.04. The van der Waals surface area contributed by atoms with Crippen molar-refractivity contribution < 1.29 is 13.7 Å². The van der Waals surface area contributed by atoms with Crippen LogP contribution in [-0.2, 0) is 26.5 Å². The Morgan fingerprint density at radius 3 is 2.22 bits per heavy atom. The van der Waals surface area contributed by atoms with E-state index in [1.165, 1.54) is 22.3 Å². The van der Waals surface area contributed by atoms with Crippen molar-refractivity contribution in [3.05, 3.63) is 88.3 Å². The molecular formula is C23H26Br2NNi-2. The van der Waals surface area contributed by atoms with Gasteiger partial charge < -0.3 is 11.8 Å². The zero-order chi connectivity index (χ0) is 20.1. The van der Waals surface area contributed by atoms with Crippen LogP contribution < -0.4 is 0 Å². The van der Waals surface area contributed by atoms with Crippen LogP contribution in [0.2, 0.25) is 0 Å². The average Bonchev–Trinajstić information content (AvgIpc) is 3.33. The van der Waals surface area contributed by atoms with Crippen molar-refractivity contribution in [3.63, 3.8) is 0 Å². The fraction of sp³-hybridized carbons (Fsp3) is 0.261. The molecule has 0 saturated carbocycles. The first-order valence-electron chi connectivity index (χ1n) is 8.76. The normalized spacial score (nSPS) is 12.1. The third kappa shape index (κ3) is 9.39. The second-order valence-corrected chi connectivity index (χ2v) is 7.25. The first-order valence-corrected chi connectivity index (χ1v) is 12.0. The van der Waals surface area contributed by atoms with Gasteiger partial charge in [0.15, 0.2) is 0 Å². The van der Waals surface area contributed by atoms with Crippen LogP contribution in [0.4, 0.5) is 0 Å². The number of hydrogen-bond acceptors (Lipinski definition) is 1. The SMILES string of the molecule is Brc1ccc2c(c1)C=CC2.[CH2-]CCN(C)C.[Ni][Br].[c-]1ccc2c(c1)C=CC2. The summed E-state index contributed by atoms with van der Waals surface area (Å²) < 4.78 is 1.16. The Morgan fingerprint density at radius 1 is 1.04 bits per heavy atom. The largest absolute Gasteiger partial charge is 0.183 e. The average molecular weight is 535 g/mol. The van der Waals surface area contributed by atoms with Crippen molar-refractivity contribution in [2.45, 2.75) is 19.3 Å². The molecule has 0 heterocycles. The van der Waals surface area contributed by atoms with Crippen LogP contribution in [0.25, 0.3) is 12.2 Å². The van der Waals surface area contributed by atoms with Crippen molar-refractivity contribution >= 4 is 42.3 Å². The maximum Gasteiger partial charge on any atom is -0.0324 e. The molecule has 4 rings (SSSR count). The predicted molar refractivity (Wildman–Crippen MR) is 122 cm³/mol. The van der Waals surface area contributed by atoms with Gasteiger partial charge in [-0.25, -0.2) is 0 Å². The summed E-state index contributed by atoms with van der Waals surface area (Å²) in [5.41, 5.74) is 5.55. The molecule has 27 heavy (non-hydrogen) atoms. The summed E-state index contributed by atoms with van der Waals surface area (Å²) in [4.78, 5) is 2.12. The summed E-state index contributed by atoms with van der Waals surface area (Å²) in [5.74, 6) is 0. The molecule has 2 aliphatic carbocycles. The number of halogens is 2. The van der Waals surface area contributed by atoms with E-state index in [0.717, 1.165) is 30.3 Å². The van der Waals surface area contributed by atoms with E-state index in [2.05, 4.69) is 110 Å². The van der Waals surface area contributed by atoms with Crippen molar-refractivity contribution in [3.8, 4) is 0 Å². The minimum atomic E-state index is 1.01. The first-order chi connectivity index (χ1) is 13.1. The Labute approximate surface area is 188 Å². The van der Waals surface area contributed by atoms with Gasteiger partial charge in [-0.3, -0.25) is 0 Å². The molecule has 0 unspecified atom stereocenters. The molecule has 2 aliphatic rings. The molecule has 0 radical (unpaired) electrons. The summed E-state index contributed by atoms with van der Waals surface area (Å²) in [6, 6.07) is 15.6. The Morgan fingerprint density at radius 2 is 1.67 bits per heavy atom. The van der Waals surface area contributed by atoms with E-state index in [1.807, 2.05) is 26.2 Å². The number of allylic oxidation sites excluding steroid dienone is 2. The van der Waals surface area contributed by atoms with Gasteiger partial charge in [0.05, 0.1) is 0 Å². The number of fused-ring (bicyclic) bond motifs is 2. The molecule has 0 atom stereocenters. The first kappa shape index (κ1) is 24.4. The number of rotatable bonds is 2. The number of hydrogen-bond donors (Lipinski definition) is 0. The smallest absolute Gasteiger partial charge is 0.0324 e. The van der Waals surface area contributed by atoms with Crippen LogP contribution in [0.3, 0.4) is 0 Å².